The molecule has 1 fully saturated rings. The minimum absolute atomic E-state index is 0.0819. The van der Waals surface area contributed by atoms with Crippen molar-refractivity contribution in [3.63, 3.8) is 0 Å². The van der Waals surface area contributed by atoms with Gasteiger partial charge in [0, 0.05) is 37.8 Å². The van der Waals surface area contributed by atoms with Crippen LogP contribution in [0.2, 0.25) is 0 Å². The predicted octanol–water partition coefficient (Wildman–Crippen LogP) is 1.57. The van der Waals surface area contributed by atoms with Gasteiger partial charge in [0.15, 0.2) is 5.13 Å². The zero-order valence-corrected chi connectivity index (χ0v) is 10.3. The van der Waals surface area contributed by atoms with Gasteiger partial charge in [0.25, 0.3) is 0 Å². The molecule has 1 aromatic heterocycles. The first kappa shape index (κ1) is 11.4. The van der Waals surface area contributed by atoms with Gasteiger partial charge in [0.1, 0.15) is 0 Å². The van der Waals surface area contributed by atoms with Crippen molar-refractivity contribution in [2.45, 2.75) is 19.4 Å². The van der Waals surface area contributed by atoms with Gasteiger partial charge >= 0.3 is 0 Å². The predicted molar refractivity (Wildman–Crippen MR) is 65.6 cm³/mol. The molecule has 2 rings (SSSR count). The van der Waals surface area contributed by atoms with Gasteiger partial charge in [-0.25, -0.2) is 4.98 Å². The summed E-state index contributed by atoms with van der Waals surface area (Å²) in [4.78, 5) is 8.88. The third-order valence-corrected chi connectivity index (χ3v) is 3.81. The fourth-order valence-electron chi connectivity index (χ4n) is 2.03. The van der Waals surface area contributed by atoms with Gasteiger partial charge in [0.2, 0.25) is 0 Å². The van der Waals surface area contributed by atoms with Crippen LogP contribution < -0.4 is 4.90 Å². The molecule has 16 heavy (non-hydrogen) atoms. The molecule has 1 saturated heterocycles. The molecule has 0 bridgehead atoms. The smallest absolute Gasteiger partial charge is 0.185 e. The van der Waals surface area contributed by atoms with E-state index in [9.17, 15) is 0 Å². The van der Waals surface area contributed by atoms with E-state index in [1.807, 2.05) is 11.6 Å². The molecule has 1 atom stereocenters. The van der Waals surface area contributed by atoms with Crippen LogP contribution in [0.25, 0.3) is 0 Å². The third-order valence-electron chi connectivity index (χ3n) is 2.98. The van der Waals surface area contributed by atoms with Crippen LogP contribution in [0.5, 0.6) is 0 Å². The summed E-state index contributed by atoms with van der Waals surface area (Å²) >= 11 is 1.68. The van der Waals surface area contributed by atoms with E-state index in [1.165, 1.54) is 0 Å². The zero-order valence-electron chi connectivity index (χ0n) is 9.46. The molecule has 0 spiro atoms. The largest absolute Gasteiger partial charge is 0.346 e. The molecule has 0 aliphatic carbocycles. The van der Waals surface area contributed by atoms with E-state index >= 15 is 0 Å². The fourth-order valence-corrected chi connectivity index (χ4v) is 2.72. The first-order valence-corrected chi connectivity index (χ1v) is 6.51. The summed E-state index contributed by atoms with van der Waals surface area (Å²) in [6, 6.07) is 2.45. The fraction of sp³-hybridized carbons (Fsp3) is 0.636. The Balaban J connectivity index is 1.90. The second-order valence-corrected chi connectivity index (χ2v) is 4.76. The van der Waals surface area contributed by atoms with Gasteiger partial charge in [0.05, 0.1) is 12.1 Å². The average molecular weight is 236 g/mol. The number of nitriles is 1. The summed E-state index contributed by atoms with van der Waals surface area (Å²) in [6.45, 7) is 5.95. The summed E-state index contributed by atoms with van der Waals surface area (Å²) in [5.74, 6) is 0. The summed E-state index contributed by atoms with van der Waals surface area (Å²) < 4.78 is 0. The van der Waals surface area contributed by atoms with Crippen molar-refractivity contribution in [2.75, 3.05) is 31.1 Å². The molecule has 1 aliphatic rings. The molecule has 0 N–H and O–H groups in total. The van der Waals surface area contributed by atoms with Gasteiger partial charge < -0.3 is 4.90 Å². The minimum Gasteiger partial charge on any atom is -0.346 e. The molecule has 5 heteroatoms. The lowest BCUT2D eigenvalue weighted by molar-refractivity contribution is 0.216. The lowest BCUT2D eigenvalue weighted by Crippen LogP contribution is -2.49. The van der Waals surface area contributed by atoms with Crippen LogP contribution in [0.4, 0.5) is 5.13 Å². The molecule has 4 nitrogen and oxygen atoms in total. The number of aromatic nitrogens is 1. The lowest BCUT2D eigenvalue weighted by atomic mass is 10.2. The Morgan fingerprint density at radius 2 is 2.25 bits per heavy atom. The molecule has 86 valence electrons. The SMILES string of the molecule is CCC(C#N)N1CCN(c2nccs2)CC1. The number of rotatable bonds is 3. The van der Waals surface area contributed by atoms with Crippen molar-refractivity contribution in [3.05, 3.63) is 11.6 Å². The molecule has 0 saturated carbocycles. The van der Waals surface area contributed by atoms with Gasteiger partial charge in [-0.05, 0) is 6.42 Å². The number of nitrogens with zero attached hydrogens (tertiary/aromatic N) is 4. The quantitative estimate of drug-likeness (QED) is 0.799. The van der Waals surface area contributed by atoms with E-state index in [4.69, 9.17) is 5.26 Å². The molecular formula is C11H16N4S. The van der Waals surface area contributed by atoms with E-state index in [0.717, 1.165) is 37.7 Å². The molecule has 2 heterocycles. The van der Waals surface area contributed by atoms with Gasteiger partial charge in [-0.3, -0.25) is 4.90 Å². The van der Waals surface area contributed by atoms with Crippen molar-refractivity contribution in [1.29, 1.82) is 5.26 Å². The Labute approximate surface area is 100 Å². The Morgan fingerprint density at radius 1 is 1.50 bits per heavy atom. The third kappa shape index (κ3) is 2.34. The maximum atomic E-state index is 9.01. The summed E-state index contributed by atoms with van der Waals surface area (Å²) in [6.07, 6.45) is 2.75. The lowest BCUT2D eigenvalue weighted by Gasteiger charge is -2.36. The Kier molecular flexibility index (Phi) is 3.75. The highest BCUT2D eigenvalue weighted by Gasteiger charge is 2.23. The molecule has 1 aliphatic heterocycles. The standard InChI is InChI=1S/C11H16N4S/c1-2-10(9-12)14-4-6-15(7-5-14)11-13-3-8-16-11/h3,8,10H,2,4-7H2,1H3. The number of hydrogen-bond acceptors (Lipinski definition) is 5. The van der Waals surface area contributed by atoms with E-state index in [0.29, 0.717) is 0 Å². The first-order chi connectivity index (χ1) is 7.85. The van der Waals surface area contributed by atoms with Crippen molar-refractivity contribution in [3.8, 4) is 6.07 Å². The number of hydrogen-bond donors (Lipinski definition) is 0. The Bertz CT molecular complexity index is 349. The van der Waals surface area contributed by atoms with E-state index in [-0.39, 0.29) is 6.04 Å². The van der Waals surface area contributed by atoms with Crippen molar-refractivity contribution in [1.82, 2.24) is 9.88 Å². The second-order valence-electron chi connectivity index (χ2n) is 3.89. The first-order valence-electron chi connectivity index (χ1n) is 5.63. The maximum Gasteiger partial charge on any atom is 0.185 e. The molecule has 0 radical (unpaired) electrons. The minimum atomic E-state index is 0.0819. The van der Waals surface area contributed by atoms with E-state index in [1.54, 1.807) is 11.3 Å². The molecule has 1 unspecified atom stereocenters. The zero-order chi connectivity index (χ0) is 11.4. The van der Waals surface area contributed by atoms with Crippen LogP contribution in [0, 0.1) is 11.3 Å². The van der Waals surface area contributed by atoms with Crippen LogP contribution >= 0.6 is 11.3 Å². The normalized spacial score (nSPS) is 19.4. The summed E-state index contributed by atoms with van der Waals surface area (Å²) in [5.41, 5.74) is 0. The molecule has 1 aromatic rings. The van der Waals surface area contributed by atoms with E-state index < -0.39 is 0 Å². The van der Waals surface area contributed by atoms with Gasteiger partial charge in [-0.15, -0.1) is 11.3 Å². The Morgan fingerprint density at radius 3 is 2.75 bits per heavy atom. The second kappa shape index (κ2) is 5.28. The monoisotopic (exact) mass is 236 g/mol. The maximum absolute atomic E-state index is 9.01. The number of anilines is 1. The van der Waals surface area contributed by atoms with E-state index in [2.05, 4.69) is 27.8 Å². The molecule has 0 aromatic carbocycles. The topological polar surface area (TPSA) is 43.2 Å². The summed E-state index contributed by atoms with van der Waals surface area (Å²) in [5, 5.41) is 12.1. The molecular weight excluding hydrogens is 220 g/mol. The van der Waals surface area contributed by atoms with Crippen LogP contribution in [0.15, 0.2) is 11.6 Å². The van der Waals surface area contributed by atoms with Crippen molar-refractivity contribution >= 4 is 16.5 Å². The van der Waals surface area contributed by atoms with Crippen molar-refractivity contribution < 1.29 is 0 Å². The Hall–Kier alpha value is -1.12. The number of thiazole rings is 1. The summed E-state index contributed by atoms with van der Waals surface area (Å²) in [7, 11) is 0. The van der Waals surface area contributed by atoms with Crippen molar-refractivity contribution in [2.24, 2.45) is 0 Å². The van der Waals surface area contributed by atoms with Crippen LogP contribution in [-0.2, 0) is 0 Å². The average Bonchev–Trinajstić information content (AvgIpc) is 2.85. The highest BCUT2D eigenvalue weighted by molar-refractivity contribution is 7.13. The number of piperazine rings is 1. The van der Waals surface area contributed by atoms with Gasteiger partial charge in [-0.1, -0.05) is 6.92 Å². The highest BCUT2D eigenvalue weighted by atomic mass is 32.1. The van der Waals surface area contributed by atoms with Crippen LogP contribution in [0.1, 0.15) is 13.3 Å². The van der Waals surface area contributed by atoms with Gasteiger partial charge in [-0.2, -0.15) is 5.26 Å². The highest BCUT2D eigenvalue weighted by Crippen LogP contribution is 2.19. The van der Waals surface area contributed by atoms with Crippen LogP contribution in [0.3, 0.4) is 0 Å². The molecule has 0 amide bonds. The van der Waals surface area contributed by atoms with Crippen LogP contribution in [-0.4, -0.2) is 42.1 Å².